The molecule has 23 heavy (non-hydrogen) atoms. The third kappa shape index (κ3) is 2.54. The highest BCUT2D eigenvalue weighted by Gasteiger charge is 2.52. The first-order valence-electron chi connectivity index (χ1n) is 8.80. The molecule has 2 fully saturated rings. The van der Waals surface area contributed by atoms with E-state index in [1.54, 1.807) is 0 Å². The minimum absolute atomic E-state index is 0.288. The Bertz CT molecular complexity index is 611. The molecule has 4 rings (SSSR count). The summed E-state index contributed by atoms with van der Waals surface area (Å²) >= 11 is 0. The molecule has 3 aliphatic rings. The molecule has 0 radical (unpaired) electrons. The maximum absolute atomic E-state index is 6.20. The van der Waals surface area contributed by atoms with Crippen molar-refractivity contribution in [3.8, 4) is 0 Å². The Morgan fingerprint density at radius 2 is 1.83 bits per heavy atom. The molecular formula is C18H27BN2O2. The smallest absolute Gasteiger partial charge is 0.399 e. The largest absolute Gasteiger partial charge is 0.494 e. The monoisotopic (exact) mass is 314 g/mol. The van der Waals surface area contributed by atoms with Crippen molar-refractivity contribution < 1.29 is 9.31 Å². The average molecular weight is 314 g/mol. The second-order valence-corrected chi connectivity index (χ2v) is 8.28. The highest BCUT2D eigenvalue weighted by molar-refractivity contribution is 6.62. The highest BCUT2D eigenvalue weighted by atomic mass is 16.7. The van der Waals surface area contributed by atoms with Gasteiger partial charge >= 0.3 is 7.12 Å². The number of hydrogen-bond donors (Lipinski definition) is 1. The van der Waals surface area contributed by atoms with Gasteiger partial charge in [0.2, 0.25) is 0 Å². The highest BCUT2D eigenvalue weighted by Crippen LogP contribution is 2.40. The number of fused-ring (bicyclic) bond motifs is 1. The SMILES string of the molecule is CC1Nc2ccc(B3OC(C)(C)C(C)(C)O3)cc2N1CC1CC1. The number of anilines is 2. The molecule has 1 unspecified atom stereocenters. The van der Waals surface area contributed by atoms with Crippen LogP contribution in [0.5, 0.6) is 0 Å². The summed E-state index contributed by atoms with van der Waals surface area (Å²) < 4.78 is 12.4. The molecule has 1 aromatic rings. The van der Waals surface area contributed by atoms with Crippen LogP contribution < -0.4 is 15.7 Å². The lowest BCUT2D eigenvalue weighted by atomic mass is 9.78. The molecule has 124 valence electrons. The van der Waals surface area contributed by atoms with Gasteiger partial charge < -0.3 is 19.5 Å². The van der Waals surface area contributed by atoms with Gasteiger partial charge in [-0.2, -0.15) is 0 Å². The van der Waals surface area contributed by atoms with Crippen LogP contribution in [-0.4, -0.2) is 31.0 Å². The summed E-state index contributed by atoms with van der Waals surface area (Å²) in [5, 5.41) is 3.58. The standard InChI is InChI=1S/C18H27BN2O2/c1-12-20-15-9-8-14(10-16(15)21(12)11-13-6-7-13)19-22-17(2,3)18(4,5)23-19/h8-10,12-13,20H,6-7,11H2,1-5H3. The Balaban J connectivity index is 1.61. The van der Waals surface area contributed by atoms with E-state index in [1.165, 1.54) is 24.2 Å². The van der Waals surface area contributed by atoms with Crippen molar-refractivity contribution in [2.45, 2.75) is 64.8 Å². The van der Waals surface area contributed by atoms with Crippen LogP contribution in [0.4, 0.5) is 11.4 Å². The zero-order chi connectivity index (χ0) is 16.4. The number of nitrogens with one attached hydrogen (secondary N) is 1. The Hall–Kier alpha value is -1.20. The molecule has 1 N–H and O–H groups in total. The van der Waals surface area contributed by atoms with Gasteiger partial charge in [-0.15, -0.1) is 0 Å². The van der Waals surface area contributed by atoms with Gasteiger partial charge in [0.15, 0.2) is 0 Å². The van der Waals surface area contributed by atoms with E-state index in [0.717, 1.165) is 17.9 Å². The number of nitrogens with zero attached hydrogens (tertiary/aromatic N) is 1. The minimum Gasteiger partial charge on any atom is -0.399 e. The van der Waals surface area contributed by atoms with Crippen LogP contribution in [-0.2, 0) is 9.31 Å². The average Bonchev–Trinajstić information content (AvgIpc) is 3.17. The Labute approximate surface area is 139 Å². The molecule has 0 aromatic heterocycles. The third-order valence-electron chi connectivity index (χ3n) is 5.84. The van der Waals surface area contributed by atoms with E-state index < -0.39 is 0 Å². The predicted molar refractivity (Wildman–Crippen MR) is 95.3 cm³/mol. The first-order valence-corrected chi connectivity index (χ1v) is 8.80. The first kappa shape index (κ1) is 15.3. The molecule has 1 atom stereocenters. The molecule has 1 aliphatic carbocycles. The second kappa shape index (κ2) is 4.90. The molecular weight excluding hydrogens is 287 g/mol. The van der Waals surface area contributed by atoms with Crippen LogP contribution in [0.15, 0.2) is 18.2 Å². The molecule has 0 bridgehead atoms. The Morgan fingerprint density at radius 1 is 1.17 bits per heavy atom. The number of benzene rings is 1. The van der Waals surface area contributed by atoms with Crippen molar-refractivity contribution in [3.63, 3.8) is 0 Å². The second-order valence-electron chi connectivity index (χ2n) is 8.28. The van der Waals surface area contributed by atoms with Gasteiger partial charge in [-0.1, -0.05) is 6.07 Å². The zero-order valence-corrected chi connectivity index (χ0v) is 14.8. The fraction of sp³-hybridized carbons (Fsp3) is 0.667. The molecule has 2 aliphatic heterocycles. The Kier molecular flexibility index (Phi) is 3.27. The zero-order valence-electron chi connectivity index (χ0n) is 14.8. The molecule has 1 saturated carbocycles. The van der Waals surface area contributed by atoms with Crippen molar-refractivity contribution >= 4 is 24.0 Å². The van der Waals surface area contributed by atoms with Gasteiger partial charge in [-0.05, 0) is 71.0 Å². The molecule has 4 nitrogen and oxygen atoms in total. The maximum Gasteiger partial charge on any atom is 0.494 e. The summed E-state index contributed by atoms with van der Waals surface area (Å²) in [6.45, 7) is 11.8. The van der Waals surface area contributed by atoms with E-state index in [4.69, 9.17) is 9.31 Å². The van der Waals surface area contributed by atoms with Gasteiger partial charge in [0.1, 0.15) is 0 Å². The van der Waals surface area contributed by atoms with Crippen LogP contribution in [0.25, 0.3) is 0 Å². The van der Waals surface area contributed by atoms with Crippen LogP contribution in [0.3, 0.4) is 0 Å². The van der Waals surface area contributed by atoms with E-state index in [9.17, 15) is 0 Å². The first-order chi connectivity index (χ1) is 10.8. The molecule has 2 heterocycles. The summed E-state index contributed by atoms with van der Waals surface area (Å²) in [6.07, 6.45) is 3.10. The van der Waals surface area contributed by atoms with Gasteiger partial charge in [-0.3, -0.25) is 0 Å². The molecule has 0 spiro atoms. The predicted octanol–water partition coefficient (Wildman–Crippen LogP) is 2.97. The van der Waals surface area contributed by atoms with Gasteiger partial charge in [-0.25, -0.2) is 0 Å². The number of hydrogen-bond acceptors (Lipinski definition) is 4. The molecule has 1 aromatic carbocycles. The lowest BCUT2D eigenvalue weighted by Gasteiger charge is -2.32. The van der Waals surface area contributed by atoms with Gasteiger partial charge in [0.05, 0.1) is 28.7 Å². The van der Waals surface area contributed by atoms with E-state index in [0.29, 0.717) is 6.17 Å². The summed E-state index contributed by atoms with van der Waals surface area (Å²) in [6, 6.07) is 6.54. The van der Waals surface area contributed by atoms with Crippen molar-refractivity contribution in [3.05, 3.63) is 18.2 Å². The van der Waals surface area contributed by atoms with Crippen molar-refractivity contribution in [2.24, 2.45) is 5.92 Å². The fourth-order valence-corrected chi connectivity index (χ4v) is 3.38. The molecule has 1 saturated heterocycles. The quantitative estimate of drug-likeness (QED) is 0.870. The van der Waals surface area contributed by atoms with Crippen LogP contribution >= 0.6 is 0 Å². The van der Waals surface area contributed by atoms with Crippen LogP contribution in [0.2, 0.25) is 0 Å². The van der Waals surface area contributed by atoms with Crippen molar-refractivity contribution in [1.29, 1.82) is 0 Å². The summed E-state index contributed by atoms with van der Waals surface area (Å²) in [5.74, 6) is 0.866. The number of rotatable bonds is 3. The lowest BCUT2D eigenvalue weighted by Crippen LogP contribution is -2.41. The van der Waals surface area contributed by atoms with E-state index in [-0.39, 0.29) is 18.3 Å². The minimum atomic E-state index is -0.296. The van der Waals surface area contributed by atoms with Crippen LogP contribution in [0, 0.1) is 5.92 Å². The van der Waals surface area contributed by atoms with Gasteiger partial charge in [0.25, 0.3) is 0 Å². The normalized spacial score (nSPS) is 28.0. The van der Waals surface area contributed by atoms with E-state index in [1.807, 2.05) is 0 Å². The lowest BCUT2D eigenvalue weighted by molar-refractivity contribution is 0.00578. The van der Waals surface area contributed by atoms with Crippen molar-refractivity contribution in [2.75, 3.05) is 16.8 Å². The topological polar surface area (TPSA) is 33.7 Å². The Morgan fingerprint density at radius 3 is 2.43 bits per heavy atom. The fourth-order valence-electron chi connectivity index (χ4n) is 3.38. The summed E-state index contributed by atoms with van der Waals surface area (Å²) in [5.41, 5.74) is 3.03. The van der Waals surface area contributed by atoms with Crippen LogP contribution in [0.1, 0.15) is 47.5 Å². The summed E-state index contributed by atoms with van der Waals surface area (Å²) in [4.78, 5) is 2.49. The summed E-state index contributed by atoms with van der Waals surface area (Å²) in [7, 11) is -0.288. The maximum atomic E-state index is 6.20. The van der Waals surface area contributed by atoms with E-state index in [2.05, 4.69) is 63.0 Å². The van der Waals surface area contributed by atoms with E-state index >= 15 is 0 Å². The van der Waals surface area contributed by atoms with Gasteiger partial charge in [0, 0.05) is 6.54 Å². The molecule has 0 amide bonds. The van der Waals surface area contributed by atoms with Crippen molar-refractivity contribution in [1.82, 2.24) is 0 Å². The molecule has 5 heteroatoms. The third-order valence-corrected chi connectivity index (χ3v) is 5.84.